The number of hydrogen-bond acceptors (Lipinski definition) is 5. The molecule has 27 heavy (non-hydrogen) atoms. The minimum atomic E-state index is -4.75. The first-order chi connectivity index (χ1) is 12.3. The van der Waals surface area contributed by atoms with Crippen molar-refractivity contribution in [1.29, 1.82) is 0 Å². The van der Waals surface area contributed by atoms with Gasteiger partial charge < -0.3 is 20.1 Å². The third kappa shape index (κ3) is 6.00. The monoisotopic (exact) mass is 389 g/mol. The molecule has 0 unspecified atom stereocenters. The summed E-state index contributed by atoms with van der Waals surface area (Å²) in [5.41, 5.74) is -2.37. The molecule has 0 bridgehead atoms. The minimum absolute atomic E-state index is 0.155. The molecule has 2 rings (SSSR count). The van der Waals surface area contributed by atoms with Gasteiger partial charge in [-0.3, -0.25) is 0 Å². The maximum Gasteiger partial charge on any atom is 0.433 e. The van der Waals surface area contributed by atoms with Crippen LogP contribution in [0.25, 0.3) is 0 Å². The average molecular weight is 389 g/mol. The highest BCUT2D eigenvalue weighted by Gasteiger charge is 2.34. The fraction of sp³-hybridized carbons (Fsp3) is 0.588. The van der Waals surface area contributed by atoms with Crippen LogP contribution in [0.3, 0.4) is 0 Å². The molecule has 2 heterocycles. The summed E-state index contributed by atoms with van der Waals surface area (Å²) in [6, 6.07) is 1.33. The molecule has 0 aromatic carbocycles. The molecule has 10 heteroatoms. The molecule has 0 spiro atoms. The van der Waals surface area contributed by atoms with E-state index in [4.69, 9.17) is 9.84 Å². The van der Waals surface area contributed by atoms with Gasteiger partial charge in [-0.25, -0.2) is 14.6 Å². The number of halogens is 3. The van der Waals surface area contributed by atoms with E-state index < -0.39 is 35.1 Å². The number of amides is 1. The van der Waals surface area contributed by atoms with E-state index in [0.717, 1.165) is 6.07 Å². The number of carbonyl (C=O) groups excluding carboxylic acids is 1. The highest BCUT2D eigenvalue weighted by Crippen LogP contribution is 2.30. The molecule has 0 radical (unpaired) electrons. The predicted octanol–water partition coefficient (Wildman–Crippen LogP) is 3.61. The Labute approximate surface area is 154 Å². The third-order valence-corrected chi connectivity index (χ3v) is 3.86. The first-order valence-electron chi connectivity index (χ1n) is 8.42. The molecule has 1 fully saturated rings. The molecule has 0 saturated carbocycles. The molecule has 0 aliphatic carbocycles. The maximum atomic E-state index is 12.9. The number of pyridine rings is 1. The number of alkyl halides is 3. The maximum absolute atomic E-state index is 12.9. The lowest BCUT2D eigenvalue weighted by atomic mass is 10.1. The van der Waals surface area contributed by atoms with E-state index in [0.29, 0.717) is 32.0 Å². The van der Waals surface area contributed by atoms with Gasteiger partial charge in [0.25, 0.3) is 0 Å². The van der Waals surface area contributed by atoms with Crippen molar-refractivity contribution >= 4 is 17.9 Å². The van der Waals surface area contributed by atoms with Crippen LogP contribution in [0, 0.1) is 0 Å². The van der Waals surface area contributed by atoms with Crippen molar-refractivity contribution in [3.8, 4) is 0 Å². The molecule has 0 atom stereocenters. The zero-order chi connectivity index (χ0) is 20.4. The van der Waals surface area contributed by atoms with E-state index in [1.807, 2.05) is 0 Å². The van der Waals surface area contributed by atoms with Crippen LogP contribution in [0.5, 0.6) is 0 Å². The normalized spacial score (nSPS) is 16.1. The number of likely N-dealkylation sites (tertiary alicyclic amines) is 1. The highest BCUT2D eigenvalue weighted by molar-refractivity contribution is 5.88. The number of nitrogens with zero attached hydrogens (tertiary/aromatic N) is 2. The Morgan fingerprint density at radius 3 is 2.30 bits per heavy atom. The number of carboxylic acids is 1. The standard InChI is InChI=1S/C17H22F3N3O4/c1-16(2,3)27-15(26)23-6-4-11(5-7-23)21-13-9-10(14(24)25)8-12(22-13)17(18,19)20/h8-9,11H,4-7H2,1-3H3,(H,21,22)(H,24,25). The van der Waals surface area contributed by atoms with E-state index in [-0.39, 0.29) is 11.9 Å². The van der Waals surface area contributed by atoms with Crippen LogP contribution in [-0.2, 0) is 10.9 Å². The number of anilines is 1. The predicted molar refractivity (Wildman–Crippen MR) is 90.7 cm³/mol. The summed E-state index contributed by atoms with van der Waals surface area (Å²) >= 11 is 0. The molecule has 1 aliphatic rings. The smallest absolute Gasteiger partial charge is 0.433 e. The lowest BCUT2D eigenvalue weighted by Crippen LogP contribution is -2.44. The van der Waals surface area contributed by atoms with Gasteiger partial charge in [0.05, 0.1) is 5.56 Å². The van der Waals surface area contributed by atoms with Gasteiger partial charge in [0, 0.05) is 19.1 Å². The molecule has 1 aromatic heterocycles. The van der Waals surface area contributed by atoms with E-state index >= 15 is 0 Å². The van der Waals surface area contributed by atoms with Crippen LogP contribution in [0.15, 0.2) is 12.1 Å². The number of nitrogens with one attached hydrogen (secondary N) is 1. The Bertz CT molecular complexity index is 708. The van der Waals surface area contributed by atoms with Crippen LogP contribution in [0.2, 0.25) is 0 Å². The van der Waals surface area contributed by atoms with E-state index in [2.05, 4.69) is 10.3 Å². The van der Waals surface area contributed by atoms with Gasteiger partial charge in [-0.2, -0.15) is 13.2 Å². The van der Waals surface area contributed by atoms with E-state index in [9.17, 15) is 22.8 Å². The summed E-state index contributed by atoms with van der Waals surface area (Å²) < 4.78 is 44.1. The summed E-state index contributed by atoms with van der Waals surface area (Å²) in [5.74, 6) is -1.62. The van der Waals surface area contributed by atoms with Crippen molar-refractivity contribution in [3.05, 3.63) is 23.4 Å². The average Bonchev–Trinajstić information content (AvgIpc) is 2.52. The van der Waals surface area contributed by atoms with E-state index in [1.165, 1.54) is 4.90 Å². The van der Waals surface area contributed by atoms with Crippen molar-refractivity contribution < 1.29 is 32.6 Å². The second-order valence-corrected chi connectivity index (χ2v) is 7.32. The number of hydrogen-bond donors (Lipinski definition) is 2. The number of carboxylic acid groups (broad SMARTS) is 1. The summed E-state index contributed by atoms with van der Waals surface area (Å²) in [6.45, 7) is 6.03. The molecular weight excluding hydrogens is 367 g/mol. The molecule has 1 amide bonds. The Kier molecular flexibility index (Phi) is 5.86. The van der Waals surface area contributed by atoms with Crippen molar-refractivity contribution in [1.82, 2.24) is 9.88 Å². The van der Waals surface area contributed by atoms with Gasteiger partial charge in [-0.1, -0.05) is 0 Å². The molecule has 7 nitrogen and oxygen atoms in total. The number of rotatable bonds is 3. The van der Waals surface area contributed by atoms with Crippen LogP contribution in [0.1, 0.15) is 49.7 Å². The van der Waals surface area contributed by atoms with Gasteiger partial charge in [-0.15, -0.1) is 0 Å². The SMILES string of the molecule is CC(C)(C)OC(=O)N1CCC(Nc2cc(C(=O)O)cc(C(F)(F)F)n2)CC1. The number of piperidine rings is 1. The van der Waals surface area contributed by atoms with Gasteiger partial charge >= 0.3 is 18.2 Å². The van der Waals surface area contributed by atoms with Crippen LogP contribution in [-0.4, -0.2) is 51.8 Å². The topological polar surface area (TPSA) is 91.8 Å². The zero-order valence-electron chi connectivity index (χ0n) is 15.3. The second-order valence-electron chi connectivity index (χ2n) is 7.32. The van der Waals surface area contributed by atoms with Gasteiger partial charge in [0.2, 0.25) is 0 Å². The Morgan fingerprint density at radius 2 is 1.81 bits per heavy atom. The van der Waals surface area contributed by atoms with Crippen LogP contribution in [0.4, 0.5) is 23.8 Å². The lowest BCUT2D eigenvalue weighted by molar-refractivity contribution is -0.141. The van der Waals surface area contributed by atoms with Gasteiger partial charge in [0.15, 0.2) is 0 Å². The van der Waals surface area contributed by atoms with Gasteiger partial charge in [0.1, 0.15) is 17.1 Å². The van der Waals surface area contributed by atoms with Gasteiger partial charge in [-0.05, 0) is 45.7 Å². The van der Waals surface area contributed by atoms with Crippen molar-refractivity contribution in [2.45, 2.75) is 51.4 Å². The molecule has 1 aromatic rings. The van der Waals surface area contributed by atoms with Crippen molar-refractivity contribution in [2.24, 2.45) is 0 Å². The molecule has 2 N–H and O–H groups in total. The summed E-state index contributed by atoms with van der Waals surface area (Å²) in [4.78, 5) is 28.1. The fourth-order valence-corrected chi connectivity index (χ4v) is 2.62. The minimum Gasteiger partial charge on any atom is -0.478 e. The summed E-state index contributed by atoms with van der Waals surface area (Å²) in [6.07, 6.45) is -4.24. The first kappa shape index (κ1) is 20.8. The summed E-state index contributed by atoms with van der Waals surface area (Å²) in [7, 11) is 0. The van der Waals surface area contributed by atoms with E-state index in [1.54, 1.807) is 20.8 Å². The molecular formula is C17H22F3N3O4. The highest BCUT2D eigenvalue weighted by atomic mass is 19.4. The number of carbonyl (C=O) groups is 2. The van der Waals surface area contributed by atoms with Crippen molar-refractivity contribution in [2.75, 3.05) is 18.4 Å². The quantitative estimate of drug-likeness (QED) is 0.821. The van der Waals surface area contributed by atoms with Crippen LogP contribution < -0.4 is 5.32 Å². The first-order valence-corrected chi connectivity index (χ1v) is 8.42. The van der Waals surface area contributed by atoms with Crippen LogP contribution >= 0.6 is 0 Å². The largest absolute Gasteiger partial charge is 0.478 e. The third-order valence-electron chi connectivity index (χ3n) is 3.86. The molecule has 150 valence electrons. The zero-order valence-corrected chi connectivity index (χ0v) is 15.3. The Balaban J connectivity index is 2.03. The fourth-order valence-electron chi connectivity index (χ4n) is 2.62. The lowest BCUT2D eigenvalue weighted by Gasteiger charge is -2.34. The number of ether oxygens (including phenoxy) is 1. The number of aromatic nitrogens is 1. The second kappa shape index (κ2) is 7.61. The molecule has 1 saturated heterocycles. The van der Waals surface area contributed by atoms with Crippen molar-refractivity contribution in [3.63, 3.8) is 0 Å². The summed E-state index contributed by atoms with van der Waals surface area (Å²) in [5, 5.41) is 11.9. The number of aromatic carboxylic acids is 1. The Morgan fingerprint density at radius 1 is 1.22 bits per heavy atom. The molecule has 1 aliphatic heterocycles. The Hall–Kier alpha value is -2.52.